The standard InChI is InChI=1S/C17H24N4O2S2/c1-11(2)19-16(23)8-21(4)9-17-20-14(10-24-17)15-6-5-13(25-15)7-18-12(3)22/h5-6,10-11H,7-9H2,1-4H3,(H,18,22)(H,19,23)/p+1. The summed E-state index contributed by atoms with van der Waals surface area (Å²) < 4.78 is 0. The van der Waals surface area contributed by atoms with Gasteiger partial charge in [-0.05, 0) is 26.0 Å². The molecule has 0 aliphatic rings. The fraction of sp³-hybridized carbons (Fsp3) is 0.471. The number of carbonyl (C=O) groups is 2. The van der Waals surface area contributed by atoms with E-state index in [1.807, 2.05) is 38.4 Å². The van der Waals surface area contributed by atoms with E-state index in [2.05, 4.69) is 15.6 Å². The molecular weight excluding hydrogens is 356 g/mol. The first kappa shape index (κ1) is 19.6. The minimum absolute atomic E-state index is 0.0292. The number of nitrogens with one attached hydrogen (secondary N) is 3. The first-order valence-corrected chi connectivity index (χ1v) is 9.91. The first-order valence-electron chi connectivity index (χ1n) is 8.22. The van der Waals surface area contributed by atoms with E-state index in [0.29, 0.717) is 13.1 Å². The third kappa shape index (κ3) is 6.56. The number of amides is 2. The van der Waals surface area contributed by atoms with Crippen LogP contribution >= 0.6 is 22.7 Å². The number of hydrogen-bond acceptors (Lipinski definition) is 5. The monoisotopic (exact) mass is 381 g/mol. The van der Waals surface area contributed by atoms with E-state index < -0.39 is 0 Å². The summed E-state index contributed by atoms with van der Waals surface area (Å²) in [6, 6.07) is 4.22. The maximum Gasteiger partial charge on any atom is 0.275 e. The molecule has 0 saturated heterocycles. The van der Waals surface area contributed by atoms with Crippen molar-refractivity contribution in [3.63, 3.8) is 0 Å². The van der Waals surface area contributed by atoms with Crippen LogP contribution in [0, 0.1) is 0 Å². The molecule has 2 aromatic rings. The van der Waals surface area contributed by atoms with Crippen LogP contribution in [0.1, 0.15) is 30.7 Å². The van der Waals surface area contributed by atoms with Gasteiger partial charge in [0.1, 0.15) is 11.6 Å². The van der Waals surface area contributed by atoms with Crippen LogP contribution < -0.4 is 15.5 Å². The van der Waals surface area contributed by atoms with Gasteiger partial charge in [-0.2, -0.15) is 0 Å². The van der Waals surface area contributed by atoms with E-state index in [0.717, 1.165) is 31.9 Å². The molecule has 0 bridgehead atoms. The number of carbonyl (C=O) groups excluding carboxylic acids is 2. The molecule has 0 spiro atoms. The molecule has 6 nitrogen and oxygen atoms in total. The van der Waals surface area contributed by atoms with Gasteiger partial charge in [0.15, 0.2) is 6.54 Å². The van der Waals surface area contributed by atoms with E-state index in [4.69, 9.17) is 0 Å². The molecule has 2 rings (SSSR count). The van der Waals surface area contributed by atoms with Crippen LogP contribution in [0.25, 0.3) is 10.6 Å². The molecule has 0 fully saturated rings. The lowest BCUT2D eigenvalue weighted by atomic mass is 10.3. The van der Waals surface area contributed by atoms with E-state index in [1.165, 1.54) is 6.92 Å². The second kappa shape index (κ2) is 9.07. The van der Waals surface area contributed by atoms with E-state index in [9.17, 15) is 9.59 Å². The second-order valence-corrected chi connectivity index (χ2v) is 8.45. The zero-order chi connectivity index (χ0) is 18.4. The van der Waals surface area contributed by atoms with Crippen molar-refractivity contribution >= 4 is 34.5 Å². The van der Waals surface area contributed by atoms with Crippen LogP contribution in [0.15, 0.2) is 17.5 Å². The van der Waals surface area contributed by atoms with Crippen molar-refractivity contribution in [2.75, 3.05) is 13.6 Å². The molecule has 0 aliphatic carbocycles. The lowest BCUT2D eigenvalue weighted by Crippen LogP contribution is -3.09. The van der Waals surface area contributed by atoms with Crippen molar-refractivity contribution in [2.45, 2.75) is 39.9 Å². The fourth-order valence-corrected chi connectivity index (χ4v) is 4.19. The minimum Gasteiger partial charge on any atom is -0.351 e. The summed E-state index contributed by atoms with van der Waals surface area (Å²) in [5.41, 5.74) is 0.957. The average molecular weight is 382 g/mol. The normalized spacial score (nSPS) is 12.2. The van der Waals surface area contributed by atoms with Crippen molar-refractivity contribution in [2.24, 2.45) is 0 Å². The summed E-state index contributed by atoms with van der Waals surface area (Å²) in [7, 11) is 2.00. The molecule has 0 aromatic carbocycles. The number of nitrogens with zero attached hydrogens (tertiary/aromatic N) is 1. The topological polar surface area (TPSA) is 75.5 Å². The highest BCUT2D eigenvalue weighted by molar-refractivity contribution is 7.16. The number of hydrogen-bond donors (Lipinski definition) is 3. The van der Waals surface area contributed by atoms with Gasteiger partial charge in [0, 0.05) is 23.2 Å². The Kier molecular flexibility index (Phi) is 7.10. The van der Waals surface area contributed by atoms with Gasteiger partial charge >= 0.3 is 0 Å². The zero-order valence-corrected chi connectivity index (χ0v) is 16.6. The van der Waals surface area contributed by atoms with Gasteiger partial charge in [-0.3, -0.25) is 9.59 Å². The molecular formula is C17H25N4O2S2+. The lowest BCUT2D eigenvalue weighted by Gasteiger charge is -2.13. The Balaban J connectivity index is 1.91. The summed E-state index contributed by atoms with van der Waals surface area (Å²) in [5, 5.41) is 8.77. The van der Waals surface area contributed by atoms with Gasteiger partial charge in [0.2, 0.25) is 5.91 Å². The quantitative estimate of drug-likeness (QED) is 0.640. The maximum atomic E-state index is 11.8. The van der Waals surface area contributed by atoms with Gasteiger partial charge in [-0.25, -0.2) is 4.98 Å². The van der Waals surface area contributed by atoms with Crippen LogP contribution in [0.2, 0.25) is 0 Å². The SMILES string of the molecule is CC(=O)NCc1ccc(-c2csc(C[NH+](C)CC(=O)NC(C)C)n2)s1. The van der Waals surface area contributed by atoms with Crippen LogP contribution in [0.3, 0.4) is 0 Å². The molecule has 136 valence electrons. The van der Waals surface area contributed by atoms with Gasteiger partial charge in [0.05, 0.1) is 24.2 Å². The molecule has 2 aromatic heterocycles. The Hall–Kier alpha value is -1.77. The van der Waals surface area contributed by atoms with Gasteiger partial charge in [-0.15, -0.1) is 22.7 Å². The number of likely N-dealkylation sites (N-methyl/N-ethyl adjacent to an activating group) is 1. The predicted octanol–water partition coefficient (Wildman–Crippen LogP) is 1.05. The molecule has 25 heavy (non-hydrogen) atoms. The molecule has 0 radical (unpaired) electrons. The molecule has 3 N–H and O–H groups in total. The summed E-state index contributed by atoms with van der Waals surface area (Å²) in [6.45, 7) is 7.15. The van der Waals surface area contributed by atoms with Crippen LogP contribution in [0.5, 0.6) is 0 Å². The number of rotatable bonds is 8. The van der Waals surface area contributed by atoms with Gasteiger partial charge in [-0.1, -0.05) is 0 Å². The second-order valence-electron chi connectivity index (χ2n) is 6.34. The minimum atomic E-state index is -0.0292. The molecule has 1 atom stereocenters. The molecule has 8 heteroatoms. The molecule has 1 unspecified atom stereocenters. The molecule has 2 heterocycles. The largest absolute Gasteiger partial charge is 0.351 e. The number of thiazole rings is 1. The Morgan fingerprint density at radius 2 is 2.08 bits per heavy atom. The van der Waals surface area contributed by atoms with Crippen molar-refractivity contribution in [1.29, 1.82) is 0 Å². The van der Waals surface area contributed by atoms with Crippen LogP contribution in [-0.4, -0.2) is 36.4 Å². The van der Waals surface area contributed by atoms with Crippen molar-refractivity contribution in [3.8, 4) is 10.6 Å². The van der Waals surface area contributed by atoms with Crippen LogP contribution in [0.4, 0.5) is 0 Å². The summed E-state index contributed by atoms with van der Waals surface area (Å²) in [5.74, 6) is 0.0311. The highest BCUT2D eigenvalue weighted by Gasteiger charge is 2.14. The lowest BCUT2D eigenvalue weighted by molar-refractivity contribution is -0.885. The smallest absolute Gasteiger partial charge is 0.275 e. The third-order valence-electron chi connectivity index (χ3n) is 3.34. The highest BCUT2D eigenvalue weighted by Crippen LogP contribution is 2.29. The number of aromatic nitrogens is 1. The summed E-state index contributed by atoms with van der Waals surface area (Å²) >= 11 is 3.25. The predicted molar refractivity (Wildman–Crippen MR) is 102 cm³/mol. The van der Waals surface area contributed by atoms with Crippen LogP contribution in [-0.2, 0) is 22.7 Å². The Labute approximate surface area is 156 Å². The average Bonchev–Trinajstić information content (AvgIpc) is 3.12. The molecule has 0 saturated carbocycles. The van der Waals surface area contributed by atoms with Crippen molar-refractivity contribution < 1.29 is 14.5 Å². The first-order chi connectivity index (χ1) is 11.8. The highest BCUT2D eigenvalue weighted by atomic mass is 32.1. The van der Waals surface area contributed by atoms with E-state index >= 15 is 0 Å². The van der Waals surface area contributed by atoms with Gasteiger partial charge in [0.25, 0.3) is 5.91 Å². The Morgan fingerprint density at radius 1 is 1.32 bits per heavy atom. The Morgan fingerprint density at radius 3 is 2.76 bits per heavy atom. The maximum absolute atomic E-state index is 11.8. The summed E-state index contributed by atoms with van der Waals surface area (Å²) in [4.78, 5) is 30.8. The van der Waals surface area contributed by atoms with Crippen molar-refractivity contribution in [1.82, 2.24) is 15.6 Å². The van der Waals surface area contributed by atoms with Gasteiger partial charge < -0.3 is 15.5 Å². The van der Waals surface area contributed by atoms with Crippen molar-refractivity contribution in [3.05, 3.63) is 27.4 Å². The summed E-state index contributed by atoms with van der Waals surface area (Å²) in [6.07, 6.45) is 0. The number of quaternary nitrogens is 1. The molecule has 0 aliphatic heterocycles. The van der Waals surface area contributed by atoms with E-state index in [1.54, 1.807) is 22.7 Å². The zero-order valence-electron chi connectivity index (χ0n) is 15.0. The molecule has 2 amide bonds. The Bertz CT molecular complexity index is 724. The van der Waals surface area contributed by atoms with E-state index in [-0.39, 0.29) is 17.9 Å². The third-order valence-corrected chi connectivity index (χ3v) is 5.30. The number of thiophene rings is 1. The fourth-order valence-electron chi connectivity index (χ4n) is 2.30.